The fourth-order valence-electron chi connectivity index (χ4n) is 2.16. The average Bonchev–Trinajstić information content (AvgIpc) is 2.57. The van der Waals surface area contributed by atoms with Crippen molar-refractivity contribution in [3.05, 3.63) is 64.3 Å². The van der Waals surface area contributed by atoms with Crippen molar-refractivity contribution >= 4 is 22.7 Å². The minimum atomic E-state index is -0.987. The van der Waals surface area contributed by atoms with Crippen molar-refractivity contribution in [3.63, 3.8) is 0 Å². The molecular weight excluding hydrogens is 300 g/mol. The van der Waals surface area contributed by atoms with Gasteiger partial charge in [-0.2, -0.15) is 0 Å². The van der Waals surface area contributed by atoms with E-state index in [1.807, 2.05) is 0 Å². The van der Waals surface area contributed by atoms with E-state index in [1.54, 1.807) is 12.1 Å². The van der Waals surface area contributed by atoms with Crippen molar-refractivity contribution in [2.45, 2.75) is 6.54 Å². The number of carboxylic acid groups (broad SMARTS) is 1. The first-order valence-corrected chi connectivity index (χ1v) is 6.67. The number of hydrogen-bond donors (Lipinski definition) is 3. The third-order valence-electron chi connectivity index (χ3n) is 3.34. The van der Waals surface area contributed by atoms with Crippen molar-refractivity contribution in [1.82, 2.24) is 14.7 Å². The van der Waals surface area contributed by atoms with Gasteiger partial charge in [-0.15, -0.1) is 4.73 Å². The van der Waals surface area contributed by atoms with Gasteiger partial charge in [-0.25, -0.2) is 14.8 Å². The number of nitrogens with zero attached hydrogens (tertiary/aromatic N) is 3. The molecule has 0 aliphatic carbocycles. The standard InChI is InChI=1S/C15H12N4O4/c20-13-5-12(11-7-16-8-18-14(11)19(13)23)17-6-9-1-3-10(4-2-9)15(21)22/h1-5,7-8,17,23H,6H2,(H,21,22). The summed E-state index contributed by atoms with van der Waals surface area (Å²) in [6, 6.07) is 7.63. The second kappa shape index (κ2) is 5.76. The van der Waals surface area contributed by atoms with E-state index in [2.05, 4.69) is 15.3 Å². The lowest BCUT2D eigenvalue weighted by atomic mass is 10.1. The lowest BCUT2D eigenvalue weighted by molar-refractivity contribution is 0.0697. The largest absolute Gasteiger partial charge is 0.478 e. The van der Waals surface area contributed by atoms with Crippen LogP contribution in [0.1, 0.15) is 15.9 Å². The lowest BCUT2D eigenvalue weighted by Crippen LogP contribution is -2.19. The van der Waals surface area contributed by atoms with Gasteiger partial charge in [0.1, 0.15) is 6.33 Å². The first kappa shape index (κ1) is 14.5. The number of carbonyl (C=O) groups is 1. The first-order valence-electron chi connectivity index (χ1n) is 6.67. The molecule has 0 spiro atoms. The van der Waals surface area contributed by atoms with E-state index in [4.69, 9.17) is 5.11 Å². The molecule has 8 nitrogen and oxygen atoms in total. The number of rotatable bonds is 4. The van der Waals surface area contributed by atoms with Crippen LogP contribution in [0.2, 0.25) is 0 Å². The summed E-state index contributed by atoms with van der Waals surface area (Å²) in [6.07, 6.45) is 2.73. The van der Waals surface area contributed by atoms with Gasteiger partial charge in [0.2, 0.25) is 0 Å². The topological polar surface area (TPSA) is 117 Å². The summed E-state index contributed by atoms with van der Waals surface area (Å²) in [5.74, 6) is -0.987. The summed E-state index contributed by atoms with van der Waals surface area (Å²) in [5.41, 5.74) is 1.03. The van der Waals surface area contributed by atoms with Gasteiger partial charge in [-0.3, -0.25) is 4.79 Å². The van der Waals surface area contributed by atoms with Crippen LogP contribution in [-0.2, 0) is 6.54 Å². The van der Waals surface area contributed by atoms with Gasteiger partial charge in [-0.1, -0.05) is 12.1 Å². The zero-order chi connectivity index (χ0) is 16.4. The number of hydrogen-bond acceptors (Lipinski definition) is 6. The maximum Gasteiger partial charge on any atom is 0.335 e. The Hall–Kier alpha value is -3.42. The highest BCUT2D eigenvalue weighted by atomic mass is 16.5. The molecule has 0 saturated carbocycles. The monoisotopic (exact) mass is 312 g/mol. The molecule has 0 fully saturated rings. The molecule has 0 amide bonds. The van der Waals surface area contributed by atoms with E-state index in [0.717, 1.165) is 5.56 Å². The zero-order valence-electron chi connectivity index (χ0n) is 11.8. The van der Waals surface area contributed by atoms with E-state index in [9.17, 15) is 14.8 Å². The fourth-order valence-corrected chi connectivity index (χ4v) is 2.16. The Labute approximate surface area is 129 Å². The summed E-state index contributed by atoms with van der Waals surface area (Å²) in [4.78, 5) is 30.3. The number of anilines is 1. The molecular formula is C15H12N4O4. The Bertz CT molecular complexity index is 934. The predicted octanol–water partition coefficient (Wildman–Crippen LogP) is 1.34. The Morgan fingerprint density at radius 2 is 2.00 bits per heavy atom. The van der Waals surface area contributed by atoms with Crippen LogP contribution in [0.5, 0.6) is 0 Å². The van der Waals surface area contributed by atoms with Gasteiger partial charge in [0.05, 0.1) is 16.6 Å². The fraction of sp³-hybridized carbons (Fsp3) is 0.0667. The molecule has 2 aromatic heterocycles. The first-order chi connectivity index (χ1) is 11.1. The van der Waals surface area contributed by atoms with E-state index in [-0.39, 0.29) is 11.2 Å². The van der Waals surface area contributed by atoms with Gasteiger partial charge in [0.25, 0.3) is 5.56 Å². The second-order valence-corrected chi connectivity index (χ2v) is 4.82. The van der Waals surface area contributed by atoms with Gasteiger partial charge in [0, 0.05) is 18.8 Å². The minimum Gasteiger partial charge on any atom is -0.478 e. The lowest BCUT2D eigenvalue weighted by Gasteiger charge is -2.10. The molecule has 3 N–H and O–H groups in total. The highest BCUT2D eigenvalue weighted by Gasteiger charge is 2.09. The van der Waals surface area contributed by atoms with Crippen LogP contribution in [0.15, 0.2) is 47.7 Å². The third kappa shape index (κ3) is 2.82. The summed E-state index contributed by atoms with van der Waals surface area (Å²) < 4.78 is 0.462. The van der Waals surface area contributed by atoms with Crippen molar-refractivity contribution < 1.29 is 15.1 Å². The molecule has 0 aliphatic rings. The van der Waals surface area contributed by atoms with Gasteiger partial charge in [0.15, 0.2) is 5.65 Å². The van der Waals surface area contributed by atoms with Gasteiger partial charge >= 0.3 is 5.97 Å². The molecule has 0 aliphatic heterocycles. The Balaban J connectivity index is 1.89. The average molecular weight is 312 g/mol. The smallest absolute Gasteiger partial charge is 0.335 e. The Morgan fingerprint density at radius 1 is 1.26 bits per heavy atom. The highest BCUT2D eigenvalue weighted by molar-refractivity contribution is 5.88. The van der Waals surface area contributed by atoms with Crippen LogP contribution in [0, 0.1) is 0 Å². The van der Waals surface area contributed by atoms with Crippen molar-refractivity contribution in [3.8, 4) is 0 Å². The van der Waals surface area contributed by atoms with E-state index >= 15 is 0 Å². The van der Waals surface area contributed by atoms with Crippen LogP contribution in [0.3, 0.4) is 0 Å². The third-order valence-corrected chi connectivity index (χ3v) is 3.34. The number of carboxylic acids is 1. The molecule has 116 valence electrons. The SMILES string of the molecule is O=C(O)c1ccc(CNc2cc(=O)n(O)c3ncncc23)cc1. The van der Waals surface area contributed by atoms with Crippen molar-refractivity contribution in [1.29, 1.82) is 0 Å². The Kier molecular flexibility index (Phi) is 3.63. The summed E-state index contributed by atoms with van der Waals surface area (Å²) in [6.45, 7) is 0.374. The van der Waals surface area contributed by atoms with E-state index in [0.29, 0.717) is 22.3 Å². The summed E-state index contributed by atoms with van der Waals surface area (Å²) >= 11 is 0. The summed E-state index contributed by atoms with van der Waals surface area (Å²) in [7, 11) is 0. The maximum absolute atomic E-state index is 11.7. The molecule has 8 heteroatoms. The maximum atomic E-state index is 11.7. The normalized spacial score (nSPS) is 10.6. The van der Waals surface area contributed by atoms with Gasteiger partial charge < -0.3 is 15.6 Å². The molecule has 0 unspecified atom stereocenters. The van der Waals surface area contributed by atoms with Crippen LogP contribution in [0.25, 0.3) is 11.0 Å². The number of aromatic carboxylic acids is 1. The van der Waals surface area contributed by atoms with Crippen molar-refractivity contribution in [2.24, 2.45) is 0 Å². The minimum absolute atomic E-state index is 0.108. The van der Waals surface area contributed by atoms with E-state index < -0.39 is 11.5 Å². The quantitative estimate of drug-likeness (QED) is 0.622. The molecule has 2 heterocycles. The van der Waals surface area contributed by atoms with Crippen LogP contribution in [-0.4, -0.2) is 31.0 Å². The number of fused-ring (bicyclic) bond motifs is 1. The number of pyridine rings is 1. The molecule has 3 rings (SSSR count). The molecule has 0 bridgehead atoms. The van der Waals surface area contributed by atoms with Crippen LogP contribution >= 0.6 is 0 Å². The summed E-state index contributed by atoms with van der Waals surface area (Å²) in [5, 5.41) is 22.1. The molecule has 0 saturated heterocycles. The number of aromatic nitrogens is 3. The van der Waals surface area contributed by atoms with Crippen LogP contribution in [0.4, 0.5) is 5.69 Å². The molecule has 3 aromatic rings. The molecule has 1 aromatic carbocycles. The zero-order valence-corrected chi connectivity index (χ0v) is 11.8. The van der Waals surface area contributed by atoms with Gasteiger partial charge in [-0.05, 0) is 17.7 Å². The van der Waals surface area contributed by atoms with Crippen molar-refractivity contribution in [2.75, 3.05) is 5.32 Å². The van der Waals surface area contributed by atoms with Crippen LogP contribution < -0.4 is 10.9 Å². The molecule has 0 atom stereocenters. The number of benzene rings is 1. The molecule has 0 radical (unpaired) electrons. The Morgan fingerprint density at radius 3 is 2.70 bits per heavy atom. The van der Waals surface area contributed by atoms with E-state index in [1.165, 1.54) is 30.7 Å². The highest BCUT2D eigenvalue weighted by Crippen LogP contribution is 2.19. The predicted molar refractivity (Wildman–Crippen MR) is 81.7 cm³/mol. The second-order valence-electron chi connectivity index (χ2n) is 4.82. The number of nitrogens with one attached hydrogen (secondary N) is 1. The molecule has 23 heavy (non-hydrogen) atoms.